The minimum atomic E-state index is -0.607. The minimum absolute atomic E-state index is 0.158. The number of carbonyl (C=O) groups is 2. The van der Waals surface area contributed by atoms with Crippen LogP contribution in [0, 0.1) is 0 Å². The zero-order valence-corrected chi connectivity index (χ0v) is 15.7. The highest BCUT2D eigenvalue weighted by atomic mass is 31.0. The second kappa shape index (κ2) is 9.14. The molecule has 5 heteroatoms. The molecule has 1 rings (SSSR count). The molecule has 0 aliphatic carbocycles. The monoisotopic (exact) mass is 337 g/mol. The summed E-state index contributed by atoms with van der Waals surface area (Å²) >= 11 is 0. The summed E-state index contributed by atoms with van der Waals surface area (Å²) in [6.07, 6.45) is 0.845. The largest absolute Gasteiger partial charge is 0.458 e. The summed E-state index contributed by atoms with van der Waals surface area (Å²) in [5, 5.41) is 0. The van der Waals surface area contributed by atoms with E-state index in [9.17, 15) is 9.59 Å². The second-order valence-corrected chi connectivity index (χ2v) is 7.46. The van der Waals surface area contributed by atoms with Gasteiger partial charge in [-0.25, -0.2) is 0 Å². The number of Topliss-reactive ketones (excluding diaryl/α,β-unsaturated/α-hetero) is 1. The molecule has 0 saturated heterocycles. The average molecular weight is 337 g/mol. The smallest absolute Gasteiger partial charge is 0.313 e. The molecule has 0 fully saturated rings. The Labute approximate surface area is 141 Å². The lowest BCUT2D eigenvalue weighted by atomic mass is 10.1. The van der Waals surface area contributed by atoms with Gasteiger partial charge < -0.3 is 9.64 Å². The minimum Gasteiger partial charge on any atom is -0.458 e. The van der Waals surface area contributed by atoms with Gasteiger partial charge in [-0.2, -0.15) is 0 Å². The van der Waals surface area contributed by atoms with Crippen LogP contribution in [0.15, 0.2) is 30.3 Å². The highest BCUT2D eigenvalue weighted by Crippen LogP contribution is 2.26. The van der Waals surface area contributed by atoms with E-state index in [1.165, 1.54) is 12.5 Å². The van der Waals surface area contributed by atoms with Crippen molar-refractivity contribution in [3.05, 3.63) is 35.9 Å². The molecular weight excluding hydrogens is 309 g/mol. The molecular formula is C18H28NO3P. The number of nitrogens with zero attached hydrogens (tertiary/aromatic N) is 1. The van der Waals surface area contributed by atoms with Crippen LogP contribution < -0.4 is 0 Å². The molecule has 0 radical (unpaired) electrons. The third-order valence-corrected chi connectivity index (χ3v) is 4.20. The fourth-order valence-corrected chi connectivity index (χ4v) is 2.91. The van der Waals surface area contributed by atoms with Gasteiger partial charge >= 0.3 is 5.97 Å². The zero-order valence-electron chi connectivity index (χ0n) is 14.5. The number of ketones is 1. The van der Waals surface area contributed by atoms with E-state index in [2.05, 4.69) is 26.3 Å². The van der Waals surface area contributed by atoms with Crippen LogP contribution in [0.5, 0.6) is 0 Å². The van der Waals surface area contributed by atoms with E-state index in [0.29, 0.717) is 12.2 Å². The number of esters is 1. The highest BCUT2D eigenvalue weighted by Gasteiger charge is 2.25. The van der Waals surface area contributed by atoms with E-state index in [-0.39, 0.29) is 12.2 Å². The first kappa shape index (κ1) is 19.8. The number of rotatable bonds is 9. The van der Waals surface area contributed by atoms with Crippen LogP contribution in [0.25, 0.3) is 0 Å². The molecule has 0 aliphatic rings. The number of ether oxygens (including phenoxy) is 1. The SMILES string of the molecule is CC(=O)CC(=O)OC(C)(C)CN(C)CCC(P)c1ccccc1. The molecule has 0 bridgehead atoms. The van der Waals surface area contributed by atoms with Gasteiger partial charge in [0, 0.05) is 6.54 Å². The summed E-state index contributed by atoms with van der Waals surface area (Å²) in [5.74, 6) is -0.628. The lowest BCUT2D eigenvalue weighted by Crippen LogP contribution is -2.41. The summed E-state index contributed by atoms with van der Waals surface area (Å²) in [5.41, 5.74) is 1.10. The van der Waals surface area contributed by atoms with Crippen molar-refractivity contribution >= 4 is 21.0 Å². The van der Waals surface area contributed by atoms with Gasteiger partial charge in [-0.3, -0.25) is 9.59 Å². The highest BCUT2D eigenvalue weighted by molar-refractivity contribution is 7.17. The summed E-state index contributed by atoms with van der Waals surface area (Å²) in [7, 11) is 4.90. The van der Waals surface area contributed by atoms with Crippen molar-refractivity contribution < 1.29 is 14.3 Å². The average Bonchev–Trinajstić information content (AvgIpc) is 2.43. The number of carbonyl (C=O) groups excluding carboxylic acids is 2. The van der Waals surface area contributed by atoms with Crippen LogP contribution in [-0.4, -0.2) is 42.4 Å². The Bertz CT molecular complexity index is 516. The number of hydrogen-bond donors (Lipinski definition) is 0. The molecule has 0 spiro atoms. The van der Waals surface area contributed by atoms with Crippen LogP contribution in [0.3, 0.4) is 0 Å². The van der Waals surface area contributed by atoms with Crippen LogP contribution >= 0.6 is 9.24 Å². The molecule has 2 unspecified atom stereocenters. The van der Waals surface area contributed by atoms with Crippen molar-refractivity contribution in [3.8, 4) is 0 Å². The van der Waals surface area contributed by atoms with Crippen LogP contribution in [0.4, 0.5) is 0 Å². The molecule has 0 aliphatic heterocycles. The van der Waals surface area contributed by atoms with E-state index in [0.717, 1.165) is 13.0 Å². The topological polar surface area (TPSA) is 46.6 Å². The van der Waals surface area contributed by atoms with Crippen molar-refractivity contribution in [3.63, 3.8) is 0 Å². The quantitative estimate of drug-likeness (QED) is 0.394. The molecule has 0 saturated carbocycles. The van der Waals surface area contributed by atoms with Gasteiger partial charge in [0.1, 0.15) is 17.8 Å². The fraction of sp³-hybridized carbons (Fsp3) is 0.556. The van der Waals surface area contributed by atoms with E-state index < -0.39 is 11.6 Å². The molecule has 4 nitrogen and oxygen atoms in total. The van der Waals surface area contributed by atoms with Gasteiger partial charge in [-0.15, -0.1) is 9.24 Å². The van der Waals surface area contributed by atoms with Crippen molar-refractivity contribution in [2.24, 2.45) is 0 Å². The Balaban J connectivity index is 2.41. The van der Waals surface area contributed by atoms with Crippen molar-refractivity contribution in [1.82, 2.24) is 4.90 Å². The van der Waals surface area contributed by atoms with E-state index in [1.807, 2.05) is 39.1 Å². The number of benzene rings is 1. The molecule has 0 N–H and O–H groups in total. The Hall–Kier alpha value is -1.25. The Morgan fingerprint density at radius 2 is 1.87 bits per heavy atom. The van der Waals surface area contributed by atoms with E-state index in [4.69, 9.17) is 4.74 Å². The molecule has 0 aromatic heterocycles. The van der Waals surface area contributed by atoms with Crippen molar-refractivity contribution in [2.75, 3.05) is 20.1 Å². The van der Waals surface area contributed by atoms with Crippen molar-refractivity contribution in [2.45, 2.75) is 44.9 Å². The molecule has 1 aromatic rings. The van der Waals surface area contributed by atoms with Gasteiger partial charge in [0.15, 0.2) is 0 Å². The van der Waals surface area contributed by atoms with E-state index >= 15 is 0 Å². The van der Waals surface area contributed by atoms with Gasteiger partial charge in [-0.05, 0) is 52.0 Å². The predicted molar refractivity (Wildman–Crippen MR) is 96.5 cm³/mol. The fourth-order valence-electron chi connectivity index (χ4n) is 2.54. The summed E-state index contributed by atoms with van der Waals surface area (Å²) in [6.45, 7) is 6.66. The summed E-state index contributed by atoms with van der Waals surface area (Å²) in [4.78, 5) is 24.8. The standard InChI is InChI=1S/C18H28NO3P/c1-14(20)12-17(21)22-18(2,3)13-19(4)11-10-16(23)15-8-6-5-7-9-15/h5-9,16H,10-13,23H2,1-4H3. The molecule has 1 aromatic carbocycles. The van der Waals surface area contributed by atoms with Crippen LogP contribution in [0.2, 0.25) is 0 Å². The van der Waals surface area contributed by atoms with Crippen molar-refractivity contribution in [1.29, 1.82) is 0 Å². The third kappa shape index (κ3) is 8.24. The molecule has 2 atom stereocenters. The molecule has 0 heterocycles. The summed E-state index contributed by atoms with van der Waals surface area (Å²) < 4.78 is 5.40. The second-order valence-electron chi connectivity index (χ2n) is 6.66. The van der Waals surface area contributed by atoms with Gasteiger partial charge in [0.05, 0.1) is 0 Å². The predicted octanol–water partition coefficient (Wildman–Crippen LogP) is 3.23. The zero-order chi connectivity index (χ0) is 17.5. The van der Waals surface area contributed by atoms with Gasteiger partial charge in [-0.1, -0.05) is 30.3 Å². The van der Waals surface area contributed by atoms with Crippen LogP contribution in [0.1, 0.15) is 44.8 Å². The normalized spacial score (nSPS) is 13.0. The van der Waals surface area contributed by atoms with E-state index in [1.54, 1.807) is 0 Å². The maximum atomic E-state index is 11.6. The Morgan fingerprint density at radius 3 is 2.43 bits per heavy atom. The lowest BCUT2D eigenvalue weighted by Gasteiger charge is -2.30. The summed E-state index contributed by atoms with van der Waals surface area (Å²) in [6, 6.07) is 10.4. The first-order valence-electron chi connectivity index (χ1n) is 7.90. The number of hydrogen-bond acceptors (Lipinski definition) is 4. The van der Waals surface area contributed by atoms with Gasteiger partial charge in [0.2, 0.25) is 0 Å². The molecule has 23 heavy (non-hydrogen) atoms. The van der Waals surface area contributed by atoms with Crippen LogP contribution in [-0.2, 0) is 14.3 Å². The lowest BCUT2D eigenvalue weighted by molar-refractivity contribution is -0.158. The maximum absolute atomic E-state index is 11.6. The Morgan fingerprint density at radius 1 is 1.26 bits per heavy atom. The Kier molecular flexibility index (Phi) is 7.87. The third-order valence-electron chi connectivity index (χ3n) is 3.48. The number of likely N-dealkylation sites (N-methyl/N-ethyl adjacent to an activating group) is 1. The maximum Gasteiger partial charge on any atom is 0.313 e. The first-order chi connectivity index (χ1) is 10.7. The molecule has 128 valence electrons. The van der Waals surface area contributed by atoms with Gasteiger partial charge in [0.25, 0.3) is 0 Å². The first-order valence-corrected chi connectivity index (χ1v) is 8.56. The molecule has 0 amide bonds.